The molecule has 1 saturated carbocycles. The van der Waals surface area contributed by atoms with E-state index in [0.29, 0.717) is 18.3 Å². The minimum Gasteiger partial charge on any atom is -0.393 e. The van der Waals surface area contributed by atoms with Gasteiger partial charge in [-0.3, -0.25) is 0 Å². The van der Waals surface area contributed by atoms with E-state index in [1.807, 2.05) is 0 Å². The largest absolute Gasteiger partial charge is 0.393 e. The van der Waals surface area contributed by atoms with Gasteiger partial charge in [0.2, 0.25) is 0 Å². The van der Waals surface area contributed by atoms with Gasteiger partial charge >= 0.3 is 0 Å². The normalized spacial score (nSPS) is 35.5. The number of fused-ring (bicyclic) bond motifs is 1. The van der Waals surface area contributed by atoms with Crippen LogP contribution in [-0.2, 0) is 9.84 Å². The molecule has 0 aromatic carbocycles. The first-order valence-corrected chi connectivity index (χ1v) is 8.10. The molecule has 1 aliphatic heterocycles. The summed E-state index contributed by atoms with van der Waals surface area (Å²) >= 11 is 0. The van der Waals surface area contributed by atoms with Crippen LogP contribution in [0.4, 0.5) is 0 Å². The molecule has 1 N–H and O–H groups in total. The van der Waals surface area contributed by atoms with Gasteiger partial charge < -0.3 is 10.0 Å². The van der Waals surface area contributed by atoms with Crippen LogP contribution in [0.5, 0.6) is 0 Å². The molecule has 3 unspecified atom stereocenters. The molecule has 2 fully saturated rings. The van der Waals surface area contributed by atoms with Crippen LogP contribution in [0.1, 0.15) is 19.3 Å². The molecule has 0 aromatic heterocycles. The van der Waals surface area contributed by atoms with Crippen LogP contribution in [0, 0.1) is 11.8 Å². The number of sulfone groups is 1. The van der Waals surface area contributed by atoms with Crippen LogP contribution in [0.3, 0.4) is 0 Å². The van der Waals surface area contributed by atoms with Gasteiger partial charge in [0.25, 0.3) is 0 Å². The Morgan fingerprint density at radius 2 is 2.06 bits per heavy atom. The maximum Gasteiger partial charge on any atom is 0.147 e. The summed E-state index contributed by atoms with van der Waals surface area (Å²) in [6.45, 7) is 2.86. The Bertz CT molecular complexity index is 341. The summed E-state index contributed by atoms with van der Waals surface area (Å²) in [5.41, 5.74) is 0. The molecule has 0 bridgehead atoms. The molecule has 4 nitrogen and oxygen atoms in total. The molecule has 0 aromatic rings. The zero-order valence-electron chi connectivity index (χ0n) is 9.80. The molecule has 94 valence electrons. The maximum absolute atomic E-state index is 11.0. The van der Waals surface area contributed by atoms with E-state index in [9.17, 15) is 13.5 Å². The predicted molar refractivity (Wildman–Crippen MR) is 63.0 cm³/mol. The van der Waals surface area contributed by atoms with Crippen molar-refractivity contribution < 1.29 is 13.5 Å². The number of rotatable bonds is 4. The lowest BCUT2D eigenvalue weighted by atomic mass is 10.00. The molecule has 1 saturated heterocycles. The molecule has 1 heterocycles. The minimum absolute atomic E-state index is 0.120. The number of hydrogen-bond donors (Lipinski definition) is 1. The van der Waals surface area contributed by atoms with E-state index >= 15 is 0 Å². The van der Waals surface area contributed by atoms with Crippen molar-refractivity contribution in [1.29, 1.82) is 0 Å². The van der Waals surface area contributed by atoms with E-state index in [1.54, 1.807) is 0 Å². The Kier molecular flexibility index (Phi) is 3.56. The second kappa shape index (κ2) is 4.63. The SMILES string of the molecule is CS(=O)(=O)CCCN1CC2CCC(O)C2C1. The smallest absolute Gasteiger partial charge is 0.147 e. The maximum atomic E-state index is 11.0. The summed E-state index contributed by atoms with van der Waals surface area (Å²) in [6, 6.07) is 0. The summed E-state index contributed by atoms with van der Waals surface area (Å²) in [7, 11) is -2.82. The fraction of sp³-hybridized carbons (Fsp3) is 1.00. The van der Waals surface area contributed by atoms with Gasteiger partial charge in [-0.05, 0) is 31.7 Å². The molecule has 1 aliphatic carbocycles. The highest BCUT2D eigenvalue weighted by molar-refractivity contribution is 7.90. The van der Waals surface area contributed by atoms with Crippen LogP contribution >= 0.6 is 0 Å². The first-order valence-electron chi connectivity index (χ1n) is 6.04. The minimum atomic E-state index is -2.82. The van der Waals surface area contributed by atoms with Crippen LogP contribution in [0.25, 0.3) is 0 Å². The second-order valence-corrected chi connectivity index (χ2v) is 7.57. The fourth-order valence-corrected chi connectivity index (χ4v) is 3.72. The lowest BCUT2D eigenvalue weighted by molar-refractivity contribution is 0.124. The number of likely N-dealkylation sites (tertiary alicyclic amines) is 1. The van der Waals surface area contributed by atoms with Crippen molar-refractivity contribution in [2.75, 3.05) is 31.6 Å². The molecule has 16 heavy (non-hydrogen) atoms. The number of nitrogens with zero attached hydrogens (tertiary/aromatic N) is 1. The summed E-state index contributed by atoms with van der Waals surface area (Å²) in [5, 5.41) is 9.75. The average molecular weight is 247 g/mol. The Hall–Kier alpha value is -0.130. The molecule has 3 atom stereocenters. The Morgan fingerprint density at radius 3 is 2.69 bits per heavy atom. The van der Waals surface area contributed by atoms with Gasteiger partial charge in [-0.1, -0.05) is 0 Å². The first-order chi connectivity index (χ1) is 7.46. The third kappa shape index (κ3) is 2.96. The second-order valence-electron chi connectivity index (χ2n) is 5.31. The monoisotopic (exact) mass is 247 g/mol. The number of hydrogen-bond acceptors (Lipinski definition) is 4. The standard InChI is InChI=1S/C11H21NO3S/c1-16(14,15)6-2-5-12-7-9-3-4-11(13)10(9)8-12/h9-11,13H,2-8H2,1H3. The summed E-state index contributed by atoms with van der Waals surface area (Å²) in [6.07, 6.45) is 3.97. The van der Waals surface area contributed by atoms with Crippen LogP contribution in [0.15, 0.2) is 0 Å². The van der Waals surface area contributed by atoms with Crippen molar-refractivity contribution >= 4 is 9.84 Å². The lowest BCUT2D eigenvalue weighted by Crippen LogP contribution is -2.26. The molecular formula is C11H21NO3S. The third-order valence-electron chi connectivity index (χ3n) is 3.88. The van der Waals surface area contributed by atoms with Crippen LogP contribution < -0.4 is 0 Å². The van der Waals surface area contributed by atoms with Crippen molar-refractivity contribution in [2.45, 2.75) is 25.4 Å². The van der Waals surface area contributed by atoms with Crippen molar-refractivity contribution in [2.24, 2.45) is 11.8 Å². The molecule has 2 rings (SSSR count). The van der Waals surface area contributed by atoms with Crippen molar-refractivity contribution in [1.82, 2.24) is 4.90 Å². The lowest BCUT2D eigenvalue weighted by Gasteiger charge is -2.17. The van der Waals surface area contributed by atoms with Gasteiger partial charge in [-0.2, -0.15) is 0 Å². The van der Waals surface area contributed by atoms with Gasteiger partial charge in [0.05, 0.1) is 11.9 Å². The summed E-state index contributed by atoms with van der Waals surface area (Å²) < 4.78 is 22.0. The van der Waals surface area contributed by atoms with Gasteiger partial charge in [0.1, 0.15) is 9.84 Å². The van der Waals surface area contributed by atoms with Crippen LogP contribution in [0.2, 0.25) is 0 Å². The van der Waals surface area contributed by atoms with Crippen molar-refractivity contribution in [3.63, 3.8) is 0 Å². The third-order valence-corrected chi connectivity index (χ3v) is 4.91. The predicted octanol–water partition coefficient (Wildman–Crippen LogP) is 0.124. The number of aliphatic hydroxyl groups excluding tert-OH is 1. The van der Waals surface area contributed by atoms with Gasteiger partial charge in [-0.15, -0.1) is 0 Å². The van der Waals surface area contributed by atoms with E-state index in [0.717, 1.165) is 32.5 Å². The Labute approximate surface area is 97.6 Å². The highest BCUT2D eigenvalue weighted by Gasteiger charge is 2.41. The zero-order valence-corrected chi connectivity index (χ0v) is 10.6. The fourth-order valence-electron chi connectivity index (χ4n) is 3.06. The molecule has 0 amide bonds. The number of aliphatic hydroxyl groups is 1. The van der Waals surface area contributed by atoms with Crippen LogP contribution in [-0.4, -0.2) is 56.2 Å². The molecular weight excluding hydrogens is 226 g/mol. The van der Waals surface area contributed by atoms with E-state index in [1.165, 1.54) is 6.26 Å². The van der Waals surface area contributed by atoms with Gasteiger partial charge in [0.15, 0.2) is 0 Å². The topological polar surface area (TPSA) is 57.6 Å². The van der Waals surface area contributed by atoms with E-state index in [-0.39, 0.29) is 11.9 Å². The summed E-state index contributed by atoms with van der Waals surface area (Å²) in [4.78, 5) is 2.31. The highest BCUT2D eigenvalue weighted by Crippen LogP contribution is 2.37. The Morgan fingerprint density at radius 1 is 1.31 bits per heavy atom. The van der Waals surface area contributed by atoms with E-state index in [4.69, 9.17) is 0 Å². The zero-order chi connectivity index (χ0) is 11.8. The molecule has 0 radical (unpaired) electrons. The Balaban J connectivity index is 1.74. The van der Waals surface area contributed by atoms with Crippen molar-refractivity contribution in [3.05, 3.63) is 0 Å². The molecule has 2 aliphatic rings. The highest BCUT2D eigenvalue weighted by atomic mass is 32.2. The van der Waals surface area contributed by atoms with Gasteiger partial charge in [0, 0.05) is 25.3 Å². The van der Waals surface area contributed by atoms with E-state index in [2.05, 4.69) is 4.90 Å². The summed E-state index contributed by atoms with van der Waals surface area (Å²) in [5.74, 6) is 1.37. The van der Waals surface area contributed by atoms with Gasteiger partial charge in [-0.25, -0.2) is 8.42 Å². The molecule has 0 spiro atoms. The van der Waals surface area contributed by atoms with E-state index < -0.39 is 9.84 Å². The van der Waals surface area contributed by atoms with Crippen molar-refractivity contribution in [3.8, 4) is 0 Å². The first kappa shape index (κ1) is 12.3. The molecule has 5 heteroatoms. The quantitative estimate of drug-likeness (QED) is 0.767. The average Bonchev–Trinajstić information content (AvgIpc) is 2.67.